The van der Waals surface area contributed by atoms with E-state index in [0.29, 0.717) is 5.56 Å². The van der Waals surface area contributed by atoms with Gasteiger partial charge in [0.2, 0.25) is 5.78 Å². The molecule has 5 nitrogen and oxygen atoms in total. The summed E-state index contributed by atoms with van der Waals surface area (Å²) in [5.41, 5.74) is 0.808. The predicted octanol–water partition coefficient (Wildman–Crippen LogP) is 4.35. The lowest BCUT2D eigenvalue weighted by molar-refractivity contribution is 0.101. The van der Waals surface area contributed by atoms with E-state index in [0.717, 1.165) is 24.3 Å². The van der Waals surface area contributed by atoms with Gasteiger partial charge in [-0.15, -0.1) is 0 Å². The van der Waals surface area contributed by atoms with Gasteiger partial charge < -0.3 is 8.92 Å². The highest BCUT2D eigenvalue weighted by Gasteiger charge is 2.28. The van der Waals surface area contributed by atoms with E-state index in [-0.39, 0.29) is 27.7 Å². The first-order valence-corrected chi connectivity index (χ1v) is 9.76. The molecule has 0 unspecified atom stereocenters. The molecule has 1 heterocycles. The number of fused-ring (bicyclic) bond motifs is 1. The lowest BCUT2D eigenvalue weighted by Crippen LogP contribution is -2.09. The van der Waals surface area contributed by atoms with Crippen LogP contribution < -0.4 is 8.92 Å². The maximum atomic E-state index is 13.0. The van der Waals surface area contributed by atoms with Crippen molar-refractivity contribution in [3.05, 3.63) is 95.3 Å². The van der Waals surface area contributed by atoms with E-state index in [1.165, 1.54) is 48.5 Å². The van der Waals surface area contributed by atoms with Crippen molar-refractivity contribution in [3.63, 3.8) is 0 Å². The van der Waals surface area contributed by atoms with Gasteiger partial charge in [0.1, 0.15) is 28.0 Å². The summed E-state index contributed by atoms with van der Waals surface area (Å²) in [6, 6.07) is 13.7. The van der Waals surface area contributed by atoms with Crippen molar-refractivity contribution in [3.8, 4) is 11.5 Å². The number of benzene rings is 3. The largest absolute Gasteiger partial charge is 0.452 e. The van der Waals surface area contributed by atoms with E-state index in [1.54, 1.807) is 0 Å². The van der Waals surface area contributed by atoms with Crippen molar-refractivity contribution in [2.45, 2.75) is 4.90 Å². The van der Waals surface area contributed by atoms with Gasteiger partial charge in [0, 0.05) is 6.07 Å². The smallest absolute Gasteiger partial charge is 0.339 e. The molecule has 1 aliphatic heterocycles. The van der Waals surface area contributed by atoms with E-state index in [4.69, 9.17) is 8.92 Å². The molecule has 146 valence electrons. The minimum atomic E-state index is -4.18. The molecule has 0 spiro atoms. The number of ether oxygens (including phenoxy) is 1. The van der Waals surface area contributed by atoms with Gasteiger partial charge in [-0.05, 0) is 60.2 Å². The van der Waals surface area contributed by atoms with Gasteiger partial charge in [0.25, 0.3) is 0 Å². The molecule has 0 saturated heterocycles. The van der Waals surface area contributed by atoms with Crippen LogP contribution in [0.5, 0.6) is 11.5 Å². The lowest BCUT2D eigenvalue weighted by Gasteiger charge is -2.07. The monoisotopic (exact) mass is 414 g/mol. The number of rotatable bonds is 4. The summed E-state index contributed by atoms with van der Waals surface area (Å²) < 4.78 is 61.2. The molecule has 29 heavy (non-hydrogen) atoms. The van der Waals surface area contributed by atoms with Crippen molar-refractivity contribution >= 4 is 22.0 Å². The summed E-state index contributed by atoms with van der Waals surface area (Å²) in [5.74, 6) is -1.28. The Hall–Kier alpha value is -3.52. The molecule has 0 N–H and O–H groups in total. The zero-order chi connectivity index (χ0) is 20.6. The van der Waals surface area contributed by atoms with Crippen LogP contribution in [0.3, 0.4) is 0 Å². The van der Waals surface area contributed by atoms with Gasteiger partial charge in [-0.1, -0.05) is 12.1 Å². The average Bonchev–Trinajstić information content (AvgIpc) is 2.98. The molecule has 4 rings (SSSR count). The number of carbonyl (C=O) groups is 1. The van der Waals surface area contributed by atoms with Gasteiger partial charge in [-0.2, -0.15) is 8.42 Å². The predicted molar refractivity (Wildman–Crippen MR) is 100.0 cm³/mol. The number of carbonyl (C=O) groups excluding carboxylic acids is 1. The summed E-state index contributed by atoms with van der Waals surface area (Å²) in [4.78, 5) is 12.2. The van der Waals surface area contributed by atoms with Crippen LogP contribution >= 0.6 is 0 Å². The number of halogens is 2. The fraction of sp³-hybridized carbons (Fsp3) is 0. The fourth-order valence-corrected chi connectivity index (χ4v) is 3.63. The maximum Gasteiger partial charge on any atom is 0.339 e. The Balaban J connectivity index is 1.59. The first kappa shape index (κ1) is 18.8. The van der Waals surface area contributed by atoms with E-state index >= 15 is 0 Å². The molecule has 3 aromatic rings. The molecule has 1 aliphatic rings. The molecule has 0 aromatic heterocycles. The van der Waals surface area contributed by atoms with Crippen LogP contribution in [0.25, 0.3) is 6.08 Å². The highest BCUT2D eigenvalue weighted by Crippen LogP contribution is 2.35. The average molecular weight is 414 g/mol. The highest BCUT2D eigenvalue weighted by atomic mass is 32.2. The van der Waals surface area contributed by atoms with Crippen LogP contribution in [0.2, 0.25) is 0 Å². The fourth-order valence-electron chi connectivity index (χ4n) is 2.71. The van der Waals surface area contributed by atoms with Gasteiger partial charge in [0.05, 0.1) is 5.56 Å². The minimum Gasteiger partial charge on any atom is -0.452 e. The summed E-state index contributed by atoms with van der Waals surface area (Å²) >= 11 is 0. The number of Topliss-reactive ketones (excluding diaryl/α,β-unsaturated/α-hetero) is 1. The molecule has 0 radical (unpaired) electrons. The summed E-state index contributed by atoms with van der Waals surface area (Å²) in [7, 11) is -4.18. The Morgan fingerprint density at radius 3 is 2.14 bits per heavy atom. The van der Waals surface area contributed by atoms with Crippen molar-refractivity contribution in [2.24, 2.45) is 0 Å². The van der Waals surface area contributed by atoms with E-state index < -0.39 is 27.5 Å². The van der Waals surface area contributed by atoms with Crippen molar-refractivity contribution < 1.29 is 30.9 Å². The first-order valence-electron chi connectivity index (χ1n) is 8.36. The van der Waals surface area contributed by atoms with Crippen LogP contribution in [-0.4, -0.2) is 14.2 Å². The van der Waals surface area contributed by atoms with Gasteiger partial charge in [-0.3, -0.25) is 4.79 Å². The van der Waals surface area contributed by atoms with Gasteiger partial charge in [-0.25, -0.2) is 8.78 Å². The Bertz CT molecular complexity index is 1230. The molecule has 0 saturated carbocycles. The second kappa shape index (κ2) is 7.14. The molecule has 0 fully saturated rings. The number of hydrogen-bond acceptors (Lipinski definition) is 5. The topological polar surface area (TPSA) is 69.7 Å². The quantitative estimate of drug-likeness (QED) is 0.469. The van der Waals surface area contributed by atoms with Crippen LogP contribution in [0.4, 0.5) is 8.78 Å². The minimum absolute atomic E-state index is 0.0187. The Morgan fingerprint density at radius 2 is 1.48 bits per heavy atom. The van der Waals surface area contributed by atoms with Crippen LogP contribution in [0, 0.1) is 11.6 Å². The Morgan fingerprint density at radius 1 is 0.862 bits per heavy atom. The second-order valence-corrected chi connectivity index (χ2v) is 7.69. The zero-order valence-electron chi connectivity index (χ0n) is 14.6. The van der Waals surface area contributed by atoms with E-state index in [2.05, 4.69) is 0 Å². The molecule has 0 amide bonds. The molecular formula is C21H12F2O5S. The molecule has 8 heteroatoms. The number of allylic oxidation sites excluding steroid dienone is 1. The molecule has 3 aromatic carbocycles. The van der Waals surface area contributed by atoms with Crippen LogP contribution in [-0.2, 0) is 10.1 Å². The number of hydrogen-bond donors (Lipinski definition) is 0. The summed E-state index contributed by atoms with van der Waals surface area (Å²) in [6.07, 6.45) is 1.46. The SMILES string of the molecule is O=C1C(=Cc2ccc(F)cc2)Oc2cc(OS(=O)(=O)c3ccc(F)cc3)ccc21. The van der Waals surface area contributed by atoms with E-state index in [9.17, 15) is 22.0 Å². The van der Waals surface area contributed by atoms with E-state index in [1.807, 2.05) is 0 Å². The van der Waals surface area contributed by atoms with Crippen LogP contribution in [0.1, 0.15) is 15.9 Å². The third-order valence-corrected chi connectivity index (χ3v) is 5.38. The Labute approximate surface area is 164 Å². The zero-order valence-corrected chi connectivity index (χ0v) is 15.5. The van der Waals surface area contributed by atoms with Crippen LogP contribution in [0.15, 0.2) is 77.4 Å². The molecule has 0 atom stereocenters. The van der Waals surface area contributed by atoms with Gasteiger partial charge >= 0.3 is 10.1 Å². The third kappa shape index (κ3) is 3.88. The third-order valence-electron chi connectivity index (χ3n) is 4.12. The maximum absolute atomic E-state index is 13.0. The van der Waals surface area contributed by atoms with Crippen molar-refractivity contribution in [1.29, 1.82) is 0 Å². The number of ketones is 1. The standard InChI is InChI=1S/C21H12F2O5S/c22-14-3-1-13(2-4-14)11-20-21(24)18-10-7-16(12-19(18)27-20)28-29(25,26)17-8-5-15(23)6-9-17/h1-12H. The molecule has 0 aliphatic carbocycles. The summed E-state index contributed by atoms with van der Waals surface area (Å²) in [5, 5.41) is 0. The Kier molecular flexibility index (Phi) is 4.63. The lowest BCUT2D eigenvalue weighted by atomic mass is 10.1. The first-order chi connectivity index (χ1) is 13.8. The second-order valence-electron chi connectivity index (χ2n) is 6.14. The normalized spacial score (nSPS) is 14.6. The summed E-state index contributed by atoms with van der Waals surface area (Å²) in [6.45, 7) is 0. The van der Waals surface area contributed by atoms with Gasteiger partial charge in [0.15, 0.2) is 5.76 Å². The van der Waals surface area contributed by atoms with Crippen molar-refractivity contribution in [2.75, 3.05) is 0 Å². The van der Waals surface area contributed by atoms with Crippen molar-refractivity contribution in [1.82, 2.24) is 0 Å². The highest BCUT2D eigenvalue weighted by molar-refractivity contribution is 7.87. The molecule has 0 bridgehead atoms. The molecular weight excluding hydrogens is 402 g/mol.